The minimum Gasteiger partial charge on any atom is -0.360 e. The molecule has 2 aromatic heterocycles. The normalized spacial score (nSPS) is 17.9. The minimum atomic E-state index is -1.14. The highest BCUT2D eigenvalue weighted by Crippen LogP contribution is 2.41. The molecule has 0 saturated heterocycles. The van der Waals surface area contributed by atoms with E-state index in [9.17, 15) is 4.79 Å². The smallest absolute Gasteiger partial charge is 0.242 e. The van der Waals surface area contributed by atoms with E-state index >= 15 is 0 Å². The lowest BCUT2D eigenvalue weighted by molar-refractivity contribution is -0.120. The molecule has 0 bridgehead atoms. The third kappa shape index (κ3) is 9.02. The van der Waals surface area contributed by atoms with Gasteiger partial charge in [-0.3, -0.25) is 4.79 Å². The van der Waals surface area contributed by atoms with Gasteiger partial charge in [0.1, 0.15) is 17.7 Å². The zero-order chi connectivity index (χ0) is 28.9. The zero-order valence-corrected chi connectivity index (χ0v) is 28.3. The lowest BCUT2D eigenvalue weighted by Gasteiger charge is -2.40. The first-order valence-electron chi connectivity index (χ1n) is 15.4. The maximum Gasteiger partial charge on any atom is 0.242 e. The van der Waals surface area contributed by atoms with Crippen molar-refractivity contribution in [2.75, 3.05) is 11.9 Å². The molecule has 2 heterocycles. The number of carbonyl (C=O) groups is 1. The quantitative estimate of drug-likeness (QED) is 0.150. The van der Waals surface area contributed by atoms with Crippen LogP contribution in [0.2, 0.25) is 30.8 Å². The Bertz CT molecular complexity index is 1120. The van der Waals surface area contributed by atoms with Crippen LogP contribution in [0.4, 0.5) is 5.82 Å². The molecule has 10 heteroatoms. The molecule has 1 amide bonds. The van der Waals surface area contributed by atoms with Gasteiger partial charge in [0.25, 0.3) is 0 Å². The number of nitrogens with two attached hydrogens (primary N) is 1. The molecule has 3 N–H and O–H groups in total. The average Bonchev–Trinajstić information content (AvgIpc) is 3.20. The minimum absolute atomic E-state index is 0. The number of aryl methyl sites for hydroxylation is 1. The van der Waals surface area contributed by atoms with Gasteiger partial charge in [-0.2, -0.15) is 5.10 Å². The topological polar surface area (TPSA) is 95.1 Å². The molecule has 41 heavy (non-hydrogen) atoms. The van der Waals surface area contributed by atoms with Crippen LogP contribution in [0, 0.1) is 31.6 Å². The molecule has 230 valence electrons. The van der Waals surface area contributed by atoms with Crippen LogP contribution in [0.3, 0.4) is 0 Å². The Morgan fingerprint density at radius 1 is 1.07 bits per heavy atom. The van der Waals surface area contributed by atoms with Crippen molar-refractivity contribution in [1.82, 2.24) is 14.8 Å². The molecule has 2 aromatic rings. The number of halogens is 2. The predicted molar refractivity (Wildman–Crippen MR) is 175 cm³/mol. The van der Waals surface area contributed by atoms with Gasteiger partial charge < -0.3 is 15.8 Å². The number of amides is 1. The number of ether oxygens (including phenoxy) is 1. The van der Waals surface area contributed by atoms with Crippen molar-refractivity contribution in [3.8, 4) is 11.1 Å². The number of hydrogen-bond acceptors (Lipinski definition) is 5. The summed E-state index contributed by atoms with van der Waals surface area (Å²) in [5, 5.41) is 8.04. The van der Waals surface area contributed by atoms with Crippen molar-refractivity contribution in [2.24, 2.45) is 23.5 Å². The first kappa shape index (κ1) is 34.0. The number of aromatic nitrogens is 3. The SMILES string of the molecule is Cc1nn(COCC[Si](C)(C)C)c(C)c1-c1ccc(NC(=O)C(N)C(C2CCCCC2)C2CCCCC2)nc1Cl.Cl. The number of hydrogen-bond donors (Lipinski definition) is 2. The van der Waals surface area contributed by atoms with Crippen LogP contribution < -0.4 is 11.1 Å². The summed E-state index contributed by atoms with van der Waals surface area (Å²) in [4.78, 5) is 18.0. The van der Waals surface area contributed by atoms with Crippen LogP contribution in [0.1, 0.15) is 75.6 Å². The number of rotatable bonds is 11. The molecule has 0 aliphatic heterocycles. The van der Waals surface area contributed by atoms with Gasteiger partial charge in [-0.05, 0) is 49.8 Å². The van der Waals surface area contributed by atoms with Crippen molar-refractivity contribution in [3.05, 3.63) is 28.7 Å². The van der Waals surface area contributed by atoms with Crippen LogP contribution >= 0.6 is 24.0 Å². The Morgan fingerprint density at radius 3 is 2.20 bits per heavy atom. The first-order valence-corrected chi connectivity index (χ1v) is 19.5. The van der Waals surface area contributed by atoms with E-state index in [1.54, 1.807) is 0 Å². The van der Waals surface area contributed by atoms with Crippen molar-refractivity contribution in [2.45, 2.75) is 117 Å². The fourth-order valence-corrected chi connectivity index (χ4v) is 7.83. The number of pyridine rings is 1. The Morgan fingerprint density at radius 2 is 1.66 bits per heavy atom. The molecule has 1 unspecified atom stereocenters. The van der Waals surface area contributed by atoms with Crippen LogP contribution in [-0.4, -0.2) is 41.4 Å². The third-order valence-electron chi connectivity index (χ3n) is 9.07. The number of carbonyl (C=O) groups excluding carboxylic acids is 1. The van der Waals surface area contributed by atoms with Crippen molar-refractivity contribution in [1.29, 1.82) is 0 Å². The molecule has 0 aromatic carbocycles. The molecule has 4 rings (SSSR count). The van der Waals surface area contributed by atoms with Gasteiger partial charge in [0.15, 0.2) is 0 Å². The predicted octanol–water partition coefficient (Wildman–Crippen LogP) is 7.99. The maximum absolute atomic E-state index is 13.5. The summed E-state index contributed by atoms with van der Waals surface area (Å²) < 4.78 is 7.82. The van der Waals surface area contributed by atoms with Crippen LogP contribution in [0.25, 0.3) is 11.1 Å². The first-order chi connectivity index (χ1) is 19.0. The largest absolute Gasteiger partial charge is 0.360 e. The van der Waals surface area contributed by atoms with Crippen molar-refractivity contribution >= 4 is 43.8 Å². The van der Waals surface area contributed by atoms with Crippen LogP contribution in [0.5, 0.6) is 0 Å². The molecule has 2 fully saturated rings. The molecular formula is C31H51Cl2N5O2Si. The Balaban J connectivity index is 0.00000462. The van der Waals surface area contributed by atoms with Gasteiger partial charge in [0.05, 0.1) is 11.7 Å². The zero-order valence-electron chi connectivity index (χ0n) is 25.7. The second-order valence-electron chi connectivity index (χ2n) is 13.3. The van der Waals surface area contributed by atoms with E-state index in [2.05, 4.69) is 29.9 Å². The van der Waals surface area contributed by atoms with Gasteiger partial charge >= 0.3 is 0 Å². The molecular weight excluding hydrogens is 573 g/mol. The second kappa shape index (κ2) is 15.3. The fraction of sp³-hybridized carbons (Fsp3) is 0.710. The molecule has 7 nitrogen and oxygen atoms in total. The van der Waals surface area contributed by atoms with E-state index in [4.69, 9.17) is 27.2 Å². The van der Waals surface area contributed by atoms with E-state index in [-0.39, 0.29) is 24.2 Å². The van der Waals surface area contributed by atoms with E-state index in [0.717, 1.165) is 35.2 Å². The van der Waals surface area contributed by atoms with E-state index < -0.39 is 14.1 Å². The highest BCUT2D eigenvalue weighted by atomic mass is 35.5. The monoisotopic (exact) mass is 623 g/mol. The maximum atomic E-state index is 13.5. The standard InChI is InChI=1S/C31H50ClN5O2Si.ClH/c1-21-27(22(2)37(36-21)20-39-18-19-40(3,4)5)25-16-17-26(34-30(25)32)35-31(38)29(33)28(23-12-8-6-9-13-23)24-14-10-7-11-15-24;/h16-17,23-24,28-29H,6-15,18-20,33H2,1-5H3,(H,34,35,38);1H. The Labute approximate surface area is 259 Å². The summed E-state index contributed by atoms with van der Waals surface area (Å²) >= 11 is 6.71. The molecule has 0 radical (unpaired) electrons. The molecule has 2 aliphatic carbocycles. The summed E-state index contributed by atoms with van der Waals surface area (Å²) in [5.41, 5.74) is 10.4. The van der Waals surface area contributed by atoms with Gasteiger partial charge in [-0.25, -0.2) is 9.67 Å². The second-order valence-corrected chi connectivity index (χ2v) is 19.3. The highest BCUT2D eigenvalue weighted by molar-refractivity contribution is 6.76. The van der Waals surface area contributed by atoms with Gasteiger partial charge in [-0.15, -0.1) is 12.4 Å². The lowest BCUT2D eigenvalue weighted by atomic mass is 9.66. The van der Waals surface area contributed by atoms with Crippen molar-refractivity contribution < 1.29 is 9.53 Å². The van der Waals surface area contributed by atoms with Crippen molar-refractivity contribution in [3.63, 3.8) is 0 Å². The summed E-state index contributed by atoms with van der Waals surface area (Å²) in [6.45, 7) is 12.2. The number of nitrogens with zero attached hydrogens (tertiary/aromatic N) is 3. The Kier molecular flexibility index (Phi) is 12.7. The van der Waals surface area contributed by atoms with E-state index in [0.29, 0.717) is 29.5 Å². The molecule has 1 atom stereocenters. The van der Waals surface area contributed by atoms with Gasteiger partial charge in [-0.1, -0.05) is 95.5 Å². The van der Waals surface area contributed by atoms with Gasteiger partial charge in [0.2, 0.25) is 5.91 Å². The van der Waals surface area contributed by atoms with E-state index in [1.165, 1.54) is 64.2 Å². The summed E-state index contributed by atoms with van der Waals surface area (Å²) in [5.74, 6) is 1.61. The highest BCUT2D eigenvalue weighted by Gasteiger charge is 2.38. The number of nitrogens with one attached hydrogen (secondary N) is 1. The molecule has 0 spiro atoms. The fourth-order valence-electron chi connectivity index (χ4n) is 6.83. The average molecular weight is 625 g/mol. The van der Waals surface area contributed by atoms with Gasteiger partial charge in [0, 0.05) is 31.5 Å². The van der Waals surface area contributed by atoms with Crippen LogP contribution in [0.15, 0.2) is 12.1 Å². The lowest BCUT2D eigenvalue weighted by Crippen LogP contribution is -2.48. The Hall–Kier alpha value is -1.45. The number of anilines is 1. The molecule has 2 saturated carbocycles. The molecule has 2 aliphatic rings. The third-order valence-corrected chi connectivity index (χ3v) is 11.1. The van der Waals surface area contributed by atoms with Crippen LogP contribution in [-0.2, 0) is 16.3 Å². The summed E-state index contributed by atoms with van der Waals surface area (Å²) in [6, 6.07) is 4.33. The summed E-state index contributed by atoms with van der Waals surface area (Å²) in [7, 11) is -1.14. The summed E-state index contributed by atoms with van der Waals surface area (Å²) in [6.07, 6.45) is 12.4. The van der Waals surface area contributed by atoms with E-state index in [1.807, 2.05) is 30.7 Å².